The van der Waals surface area contributed by atoms with Gasteiger partial charge in [0.05, 0.1) is 27.6 Å². The first-order valence-corrected chi connectivity index (χ1v) is 9.71. The number of nitro benzene ring substituents is 1. The molecular weight excluding hydrogens is 380 g/mol. The van der Waals surface area contributed by atoms with Crippen LogP contribution in [-0.4, -0.2) is 27.0 Å². The van der Waals surface area contributed by atoms with Gasteiger partial charge in [-0.15, -0.1) is 0 Å². The lowest BCUT2D eigenvalue weighted by molar-refractivity contribution is -0.385. The molecule has 0 saturated heterocycles. The van der Waals surface area contributed by atoms with Crippen molar-refractivity contribution in [1.29, 1.82) is 0 Å². The van der Waals surface area contributed by atoms with Crippen LogP contribution in [0, 0.1) is 17.0 Å². The minimum absolute atomic E-state index is 0.0461. The number of nitrogens with zero attached hydrogens (tertiary/aromatic N) is 2. The molecule has 0 N–H and O–H groups in total. The van der Waals surface area contributed by atoms with Crippen LogP contribution in [-0.2, 0) is 16.4 Å². The van der Waals surface area contributed by atoms with Crippen molar-refractivity contribution in [2.45, 2.75) is 24.7 Å². The van der Waals surface area contributed by atoms with E-state index >= 15 is 0 Å². The normalized spacial score (nSPS) is 14.0. The predicted molar refractivity (Wildman–Crippen MR) is 98.7 cm³/mol. The Morgan fingerprint density at radius 1 is 1.27 bits per heavy atom. The molecule has 1 aliphatic heterocycles. The van der Waals surface area contributed by atoms with Crippen LogP contribution in [0.3, 0.4) is 0 Å². The van der Waals surface area contributed by atoms with E-state index in [9.17, 15) is 18.5 Å². The van der Waals surface area contributed by atoms with Gasteiger partial charge >= 0.3 is 0 Å². The highest BCUT2D eigenvalue weighted by Gasteiger charge is 2.31. The van der Waals surface area contributed by atoms with Gasteiger partial charge in [0.15, 0.2) is 0 Å². The van der Waals surface area contributed by atoms with Gasteiger partial charge in [0.2, 0.25) is 0 Å². The Kier molecular flexibility index (Phi) is 4.81. The first-order chi connectivity index (χ1) is 12.3. The lowest BCUT2D eigenvalue weighted by atomic mass is 10.0. The Labute approximate surface area is 156 Å². The van der Waals surface area contributed by atoms with Crippen molar-refractivity contribution in [1.82, 2.24) is 0 Å². The van der Waals surface area contributed by atoms with E-state index in [2.05, 4.69) is 0 Å². The molecule has 0 aromatic heterocycles. The molecule has 1 aliphatic rings. The van der Waals surface area contributed by atoms with Crippen molar-refractivity contribution in [2.75, 3.05) is 18.0 Å². The lowest BCUT2D eigenvalue weighted by Crippen LogP contribution is -2.35. The van der Waals surface area contributed by atoms with Crippen LogP contribution in [0.1, 0.15) is 17.5 Å². The number of benzene rings is 2. The fourth-order valence-electron chi connectivity index (χ4n) is 3.02. The number of fused-ring (bicyclic) bond motifs is 1. The zero-order valence-corrected chi connectivity index (χ0v) is 15.8. The molecule has 138 valence electrons. The van der Waals surface area contributed by atoms with Crippen LogP contribution in [0.2, 0.25) is 5.02 Å². The topological polar surface area (TPSA) is 89.8 Å². The summed E-state index contributed by atoms with van der Waals surface area (Å²) in [6.07, 6.45) is 1.37. The molecule has 2 aromatic carbocycles. The first-order valence-electron chi connectivity index (χ1n) is 7.90. The summed E-state index contributed by atoms with van der Waals surface area (Å²) >= 11 is 6.04. The monoisotopic (exact) mass is 396 g/mol. The Morgan fingerprint density at radius 2 is 2.00 bits per heavy atom. The maximum atomic E-state index is 13.2. The van der Waals surface area contributed by atoms with Gasteiger partial charge in [-0.25, -0.2) is 8.42 Å². The Hall–Kier alpha value is -2.32. The van der Waals surface area contributed by atoms with E-state index in [1.807, 2.05) is 6.07 Å². The second kappa shape index (κ2) is 6.77. The highest BCUT2D eigenvalue weighted by molar-refractivity contribution is 7.92. The fraction of sp³-hybridized carbons (Fsp3) is 0.294. The highest BCUT2D eigenvalue weighted by Crippen LogP contribution is 2.36. The summed E-state index contributed by atoms with van der Waals surface area (Å²) in [5.74, 6) is 0.650. The number of ether oxygens (including phenoxy) is 1. The molecule has 0 amide bonds. The molecule has 0 unspecified atom stereocenters. The third-order valence-corrected chi connectivity index (χ3v) is 6.62. The van der Waals surface area contributed by atoms with Gasteiger partial charge in [-0.3, -0.25) is 14.4 Å². The molecular formula is C17H17ClN2O5S. The highest BCUT2D eigenvalue weighted by atomic mass is 35.5. The Bertz CT molecular complexity index is 991. The molecule has 0 spiro atoms. The summed E-state index contributed by atoms with van der Waals surface area (Å²) in [5, 5.41) is 11.3. The Balaban J connectivity index is 2.12. The smallest absolute Gasteiger partial charge is 0.275 e. The standard InChI is InChI=1S/C17H17ClN2O5S/c1-11-15(18)9-14(10-17(11)20(21)22)26(23,24)19-7-3-4-12-8-13(25-2)5-6-16(12)19/h5-6,8-10H,3-4,7H2,1-2H3. The number of sulfonamides is 1. The van der Waals surface area contributed by atoms with E-state index in [1.54, 1.807) is 19.2 Å². The quantitative estimate of drug-likeness (QED) is 0.580. The number of aryl methyl sites for hydroxylation is 1. The third kappa shape index (κ3) is 3.10. The van der Waals surface area contributed by atoms with E-state index < -0.39 is 14.9 Å². The van der Waals surface area contributed by atoms with Crippen LogP contribution in [0.5, 0.6) is 5.75 Å². The minimum atomic E-state index is -3.99. The number of anilines is 1. The number of halogens is 1. The van der Waals surface area contributed by atoms with Gasteiger partial charge in [-0.2, -0.15) is 0 Å². The van der Waals surface area contributed by atoms with Gasteiger partial charge in [0.1, 0.15) is 5.75 Å². The molecule has 0 fully saturated rings. The molecule has 3 rings (SSSR count). The second-order valence-electron chi connectivity index (χ2n) is 5.98. The van der Waals surface area contributed by atoms with Crippen LogP contribution >= 0.6 is 11.6 Å². The lowest BCUT2D eigenvalue weighted by Gasteiger charge is -2.30. The van der Waals surface area contributed by atoms with Crippen molar-refractivity contribution in [3.63, 3.8) is 0 Å². The van der Waals surface area contributed by atoms with Gasteiger partial charge in [0, 0.05) is 18.2 Å². The van der Waals surface area contributed by atoms with Crippen molar-refractivity contribution < 1.29 is 18.1 Å². The summed E-state index contributed by atoms with van der Waals surface area (Å²) < 4.78 is 32.8. The molecule has 1 heterocycles. The van der Waals surface area contributed by atoms with Crippen LogP contribution in [0.15, 0.2) is 35.2 Å². The van der Waals surface area contributed by atoms with E-state index in [-0.39, 0.29) is 21.2 Å². The van der Waals surface area contributed by atoms with Crippen LogP contribution < -0.4 is 9.04 Å². The van der Waals surface area contributed by atoms with Gasteiger partial charge in [-0.1, -0.05) is 11.6 Å². The Morgan fingerprint density at radius 3 is 2.65 bits per heavy atom. The molecule has 2 aromatic rings. The van der Waals surface area contributed by atoms with Crippen molar-refractivity contribution in [3.8, 4) is 5.75 Å². The molecule has 0 saturated carbocycles. The predicted octanol–water partition coefficient (Wildman–Crippen LogP) is 3.71. The van der Waals surface area contributed by atoms with E-state index in [0.29, 0.717) is 24.4 Å². The molecule has 7 nitrogen and oxygen atoms in total. The van der Waals surface area contributed by atoms with E-state index in [1.165, 1.54) is 17.3 Å². The molecule has 9 heteroatoms. The maximum Gasteiger partial charge on any atom is 0.275 e. The van der Waals surface area contributed by atoms with Gasteiger partial charge in [0.25, 0.3) is 15.7 Å². The van der Waals surface area contributed by atoms with Crippen LogP contribution in [0.25, 0.3) is 0 Å². The zero-order valence-electron chi connectivity index (χ0n) is 14.2. The van der Waals surface area contributed by atoms with E-state index in [0.717, 1.165) is 18.1 Å². The summed E-state index contributed by atoms with van der Waals surface area (Å²) in [6, 6.07) is 7.51. The number of rotatable bonds is 4. The molecule has 0 atom stereocenters. The summed E-state index contributed by atoms with van der Waals surface area (Å²) in [7, 11) is -2.44. The zero-order chi connectivity index (χ0) is 19.1. The minimum Gasteiger partial charge on any atom is -0.497 e. The first kappa shape index (κ1) is 18.5. The molecule has 0 radical (unpaired) electrons. The average molecular weight is 397 g/mol. The largest absolute Gasteiger partial charge is 0.497 e. The van der Waals surface area contributed by atoms with Crippen LogP contribution in [0.4, 0.5) is 11.4 Å². The SMILES string of the molecule is COc1ccc2c(c1)CCCN2S(=O)(=O)c1cc(Cl)c(C)c([N+](=O)[O-])c1. The van der Waals surface area contributed by atoms with Gasteiger partial charge in [-0.05, 0) is 49.6 Å². The van der Waals surface area contributed by atoms with Gasteiger partial charge < -0.3 is 4.74 Å². The number of methoxy groups -OCH3 is 1. The number of hydrogen-bond acceptors (Lipinski definition) is 5. The third-order valence-electron chi connectivity index (χ3n) is 4.44. The number of nitro groups is 1. The maximum absolute atomic E-state index is 13.2. The molecule has 0 bridgehead atoms. The average Bonchev–Trinajstić information content (AvgIpc) is 2.62. The van der Waals surface area contributed by atoms with E-state index in [4.69, 9.17) is 16.3 Å². The number of hydrogen-bond donors (Lipinski definition) is 0. The van der Waals surface area contributed by atoms with Crippen molar-refractivity contribution in [3.05, 3.63) is 56.6 Å². The fourth-order valence-corrected chi connectivity index (χ4v) is 4.89. The summed E-state index contributed by atoms with van der Waals surface area (Å²) in [6.45, 7) is 1.78. The summed E-state index contributed by atoms with van der Waals surface area (Å²) in [5.41, 5.74) is 1.32. The molecule has 26 heavy (non-hydrogen) atoms. The molecule has 0 aliphatic carbocycles. The second-order valence-corrected chi connectivity index (χ2v) is 8.25. The van der Waals surface area contributed by atoms with Crippen molar-refractivity contribution >= 4 is 33.0 Å². The van der Waals surface area contributed by atoms with Crippen molar-refractivity contribution in [2.24, 2.45) is 0 Å². The summed E-state index contributed by atoms with van der Waals surface area (Å²) in [4.78, 5) is 10.4.